The Hall–Kier alpha value is -5.87. The Kier molecular flexibility index (Phi) is 11.3. The van der Waals surface area contributed by atoms with E-state index in [1.807, 2.05) is 6.07 Å². The van der Waals surface area contributed by atoms with Gasteiger partial charge < -0.3 is 31.3 Å². The van der Waals surface area contributed by atoms with E-state index in [-0.39, 0.29) is 54.3 Å². The van der Waals surface area contributed by atoms with Gasteiger partial charge >= 0.3 is 20.2 Å². The van der Waals surface area contributed by atoms with Gasteiger partial charge in [-0.1, -0.05) is 41.8 Å². The molecule has 17 nitrogen and oxygen atoms in total. The molecule has 0 aliphatic carbocycles. The maximum atomic E-state index is 12.4. The van der Waals surface area contributed by atoms with Crippen LogP contribution >= 0.6 is 0 Å². The number of nitrogen functional groups attached to an aromatic ring is 1. The summed E-state index contributed by atoms with van der Waals surface area (Å²) in [4.78, 5) is 9.39. The number of hydrogen-bond donors (Lipinski definition) is 1. The molecule has 5 aromatic rings. The number of nitrogens with one attached hydrogen (secondary N) is 1. The monoisotopic (exact) mass is 696 g/mol. The smallest absolute Gasteiger partial charge is 0.871 e. The van der Waals surface area contributed by atoms with E-state index in [1.54, 1.807) is 31.2 Å². The van der Waals surface area contributed by atoms with Gasteiger partial charge in [0.05, 0.1) is 38.3 Å². The van der Waals surface area contributed by atoms with Gasteiger partial charge in [0, 0.05) is 23.7 Å². The Morgan fingerprint density at radius 3 is 2.11 bits per heavy atom. The van der Waals surface area contributed by atoms with E-state index in [2.05, 4.69) is 25.6 Å². The first-order chi connectivity index (χ1) is 21.7. The summed E-state index contributed by atoms with van der Waals surface area (Å²) >= 11 is 0. The van der Waals surface area contributed by atoms with Gasteiger partial charge in [-0.2, -0.15) is 20.4 Å². The minimum atomic E-state index is -4.68. The Morgan fingerprint density at radius 1 is 0.851 bits per heavy atom. The molecule has 0 amide bonds. The Balaban J connectivity index is 0.000000468. The first-order valence-electron chi connectivity index (χ1n) is 12.7. The van der Waals surface area contributed by atoms with Crippen molar-refractivity contribution in [2.45, 2.75) is 11.8 Å². The molecule has 0 fully saturated rings. The summed E-state index contributed by atoms with van der Waals surface area (Å²) in [5, 5.41) is 65.4. The van der Waals surface area contributed by atoms with E-state index < -0.39 is 37.3 Å². The summed E-state index contributed by atoms with van der Waals surface area (Å²) in [6, 6.07) is 18.9. The molecule has 0 atom stereocenters. The van der Waals surface area contributed by atoms with Crippen LogP contribution in [0.3, 0.4) is 0 Å². The van der Waals surface area contributed by atoms with E-state index >= 15 is 0 Å². The minimum absolute atomic E-state index is 0. The number of nitro groups is 1. The average molecular weight is 697 g/mol. The van der Waals surface area contributed by atoms with Crippen LogP contribution in [0.25, 0.3) is 11.4 Å². The number of benzene rings is 4. The number of aromatic nitrogens is 2. The molecule has 19 heteroatoms. The molecule has 239 valence electrons. The molecule has 4 aromatic carbocycles. The molecule has 1 heterocycles. The molecule has 1 aromatic heterocycles. The molecule has 1 radical (unpaired) electrons. The standard InChI is InChI=1S/C16H13N5O4.C12H11N4O4S.Cr/c1-10-15(16(23)20(19-10)11-5-3-2-4-6-11)18-17-13-8-7-12(21(24)25)9-14(13)22;13-7-1-3-10(9(14)5-7)15-16-11-6-8(21(18,19)20)2-4-12(11)17;/h2-9,22-23H,1H3;1-6H,(H5-,13,14,15,16,17,18,19,20);/q;-1;+3/p-2. The minimum Gasteiger partial charge on any atom is -0.871 e. The fourth-order valence-electron chi connectivity index (χ4n) is 3.64. The number of para-hydroxylation sites is 1. The van der Waals surface area contributed by atoms with Gasteiger partial charge in [-0.3, -0.25) is 10.1 Å². The number of rotatable bonds is 7. The molecule has 0 bridgehead atoms. The molecule has 0 aliphatic rings. The van der Waals surface area contributed by atoms with Gasteiger partial charge in [0.15, 0.2) is 0 Å². The van der Waals surface area contributed by atoms with Crippen molar-refractivity contribution in [2.24, 2.45) is 20.5 Å². The molecular formula is C28H22CrN9O8S. The quantitative estimate of drug-likeness (QED) is 0.0760. The van der Waals surface area contributed by atoms with Crippen molar-refractivity contribution in [1.82, 2.24) is 9.78 Å². The van der Waals surface area contributed by atoms with Gasteiger partial charge in [0.25, 0.3) is 5.69 Å². The molecular weight excluding hydrogens is 674 g/mol. The van der Waals surface area contributed by atoms with Gasteiger partial charge in [-0.05, 0) is 49.4 Å². The SMILES string of the molecule is Cc1nn(-c2ccccc2)c([O-])c1N=Nc1ccc([N+](=O)[O-])cc1[O-].[Cr+3].[H+].[H+].[NH-]c1cc(N)ccc1N=Nc1cc(S(=O)(=O)[O-])ccc1[O-]. The van der Waals surface area contributed by atoms with Gasteiger partial charge in [0.1, 0.15) is 15.8 Å². The second kappa shape index (κ2) is 14.9. The molecule has 0 aliphatic heterocycles. The van der Waals surface area contributed by atoms with Crippen LogP contribution in [-0.2, 0) is 27.5 Å². The summed E-state index contributed by atoms with van der Waals surface area (Å²) < 4.78 is 33.9. The predicted octanol–water partition coefficient (Wildman–Crippen LogP) is 5.22. The van der Waals surface area contributed by atoms with Crippen LogP contribution in [-0.4, -0.2) is 27.7 Å². The third-order valence-electron chi connectivity index (χ3n) is 5.91. The molecule has 0 saturated heterocycles. The van der Waals surface area contributed by atoms with Crippen molar-refractivity contribution in [3.8, 4) is 23.1 Å². The first-order valence-corrected chi connectivity index (χ1v) is 14.1. The topological polar surface area (TPSA) is 287 Å². The Labute approximate surface area is 280 Å². The van der Waals surface area contributed by atoms with Gasteiger partial charge in [-0.15, -0.1) is 10.8 Å². The van der Waals surface area contributed by atoms with Crippen LogP contribution in [0.5, 0.6) is 17.4 Å². The van der Waals surface area contributed by atoms with Crippen LogP contribution < -0.4 is 21.1 Å². The van der Waals surface area contributed by atoms with Crippen molar-refractivity contribution in [3.63, 3.8) is 0 Å². The number of nitro benzene ring substituents is 1. The van der Waals surface area contributed by atoms with Crippen molar-refractivity contribution >= 4 is 49.9 Å². The average Bonchev–Trinajstić information content (AvgIpc) is 3.29. The number of hydrogen-bond acceptors (Lipinski definition) is 14. The van der Waals surface area contributed by atoms with Crippen LogP contribution in [0.2, 0.25) is 0 Å². The summed E-state index contributed by atoms with van der Waals surface area (Å²) in [5.41, 5.74) is 13.8. The van der Waals surface area contributed by atoms with Crippen molar-refractivity contribution < 1.29 is 53.4 Å². The molecule has 0 unspecified atom stereocenters. The van der Waals surface area contributed by atoms with Crippen molar-refractivity contribution in [3.05, 3.63) is 106 Å². The van der Waals surface area contributed by atoms with Crippen LogP contribution in [0.15, 0.2) is 110 Å². The molecule has 0 spiro atoms. The third-order valence-corrected chi connectivity index (χ3v) is 6.74. The Morgan fingerprint density at radius 2 is 1.49 bits per heavy atom. The molecule has 5 rings (SSSR count). The predicted molar refractivity (Wildman–Crippen MR) is 160 cm³/mol. The van der Waals surface area contributed by atoms with E-state index in [0.717, 1.165) is 30.3 Å². The molecule has 0 saturated carbocycles. The van der Waals surface area contributed by atoms with Gasteiger partial charge in [-0.25, -0.2) is 13.1 Å². The Bertz CT molecular complexity index is 2100. The number of aryl methyl sites for hydroxylation is 1. The number of azo groups is 2. The van der Waals surface area contributed by atoms with Crippen LogP contribution in [0.1, 0.15) is 8.55 Å². The van der Waals surface area contributed by atoms with E-state index in [4.69, 9.17) is 11.5 Å². The zero-order chi connectivity index (χ0) is 33.6. The van der Waals surface area contributed by atoms with Crippen LogP contribution in [0.4, 0.5) is 39.8 Å². The zero-order valence-corrected chi connectivity index (χ0v) is 26.0. The summed E-state index contributed by atoms with van der Waals surface area (Å²) in [6.45, 7) is 1.60. The normalized spacial score (nSPS) is 11.2. The van der Waals surface area contributed by atoms with E-state index in [9.17, 15) is 38.4 Å². The number of nitrogens with two attached hydrogens (primary N) is 1. The second-order valence-corrected chi connectivity index (χ2v) is 10.5. The van der Waals surface area contributed by atoms with Gasteiger partial charge in [0.2, 0.25) is 0 Å². The zero-order valence-electron chi connectivity index (χ0n) is 25.9. The van der Waals surface area contributed by atoms with Crippen molar-refractivity contribution in [1.29, 1.82) is 0 Å². The maximum Gasteiger partial charge on any atom is 3.00 e. The molecule has 3 N–H and O–H groups in total. The molecule has 47 heavy (non-hydrogen) atoms. The number of nitrogens with zero attached hydrogens (tertiary/aromatic N) is 7. The van der Waals surface area contributed by atoms with E-state index in [0.29, 0.717) is 17.1 Å². The van der Waals surface area contributed by atoms with Crippen LogP contribution in [0, 0.1) is 17.0 Å². The number of anilines is 1. The third kappa shape index (κ3) is 8.87. The first kappa shape index (κ1) is 35.6. The van der Waals surface area contributed by atoms with E-state index in [1.165, 1.54) is 28.9 Å². The fourth-order valence-corrected chi connectivity index (χ4v) is 4.13. The van der Waals surface area contributed by atoms with Crippen molar-refractivity contribution in [2.75, 3.05) is 5.73 Å². The number of non-ortho nitro benzene ring substituents is 1. The second-order valence-electron chi connectivity index (χ2n) is 9.16. The maximum absolute atomic E-state index is 12.4. The summed E-state index contributed by atoms with van der Waals surface area (Å²) in [5.74, 6) is -1.71. The largest absolute Gasteiger partial charge is 3.00 e. The fraction of sp³-hybridized carbons (Fsp3) is 0.0357. The summed E-state index contributed by atoms with van der Waals surface area (Å²) in [6.07, 6.45) is 0. The summed E-state index contributed by atoms with van der Waals surface area (Å²) in [7, 11) is -4.68.